The number of aromatic nitrogens is 1. The molecule has 0 spiro atoms. The van der Waals surface area contributed by atoms with Crippen LogP contribution in [-0.2, 0) is 4.79 Å². The molecule has 124 valence electrons. The van der Waals surface area contributed by atoms with Gasteiger partial charge in [0.2, 0.25) is 5.91 Å². The van der Waals surface area contributed by atoms with Crippen molar-refractivity contribution >= 4 is 62.0 Å². The molecule has 0 aliphatic carbocycles. The summed E-state index contributed by atoms with van der Waals surface area (Å²) in [4.78, 5) is 16.8. The zero-order valence-electron chi connectivity index (χ0n) is 13.1. The van der Waals surface area contributed by atoms with Crippen molar-refractivity contribution < 1.29 is 4.79 Å². The number of thiazole rings is 1. The van der Waals surface area contributed by atoms with E-state index in [0.29, 0.717) is 15.7 Å². The first-order chi connectivity index (χ1) is 11.4. The molecule has 2 aromatic carbocycles. The van der Waals surface area contributed by atoms with E-state index in [2.05, 4.69) is 15.6 Å². The van der Waals surface area contributed by atoms with Crippen molar-refractivity contribution in [2.45, 2.75) is 19.9 Å². The van der Waals surface area contributed by atoms with E-state index in [-0.39, 0.29) is 5.91 Å². The second-order valence-electron chi connectivity index (χ2n) is 5.37. The topological polar surface area (TPSA) is 54.0 Å². The number of halogens is 2. The van der Waals surface area contributed by atoms with E-state index in [1.54, 1.807) is 36.5 Å². The van der Waals surface area contributed by atoms with Gasteiger partial charge in [0.25, 0.3) is 0 Å². The number of carbonyl (C=O) groups excluding carboxylic acids is 1. The molecule has 2 N–H and O–H groups in total. The minimum absolute atomic E-state index is 0.195. The summed E-state index contributed by atoms with van der Waals surface area (Å²) in [6.07, 6.45) is 0. The molecule has 0 aliphatic rings. The molecule has 0 fully saturated rings. The number of anilines is 2. The molecule has 3 rings (SSSR count). The molecule has 0 aliphatic heterocycles. The first kappa shape index (κ1) is 17.0. The van der Waals surface area contributed by atoms with Crippen molar-refractivity contribution in [1.29, 1.82) is 0 Å². The molecule has 1 heterocycles. The SMILES string of the molecule is Cc1nc2ccc(N[C@@H](C)C(=O)Nc3cccc(Cl)c3Cl)cc2s1. The van der Waals surface area contributed by atoms with Crippen LogP contribution in [0.3, 0.4) is 0 Å². The third-order valence-corrected chi connectivity index (χ3v) is 5.23. The highest BCUT2D eigenvalue weighted by Crippen LogP contribution is 2.30. The smallest absolute Gasteiger partial charge is 0.246 e. The van der Waals surface area contributed by atoms with Crippen LogP contribution in [0.25, 0.3) is 10.2 Å². The first-order valence-electron chi connectivity index (χ1n) is 7.32. The standard InChI is InChI=1S/C17H15Cl2N3OS/c1-9(17(23)22-14-5-3-4-12(18)16(14)19)20-11-6-7-13-15(8-11)24-10(2)21-13/h3-9,20H,1-2H3,(H,22,23)/t9-/m0/s1. The maximum Gasteiger partial charge on any atom is 0.246 e. The molecule has 0 saturated heterocycles. The largest absolute Gasteiger partial charge is 0.374 e. The highest BCUT2D eigenvalue weighted by molar-refractivity contribution is 7.18. The third-order valence-electron chi connectivity index (χ3n) is 3.48. The van der Waals surface area contributed by atoms with Crippen molar-refractivity contribution in [1.82, 2.24) is 4.98 Å². The maximum atomic E-state index is 12.4. The van der Waals surface area contributed by atoms with Crippen LogP contribution in [0.1, 0.15) is 11.9 Å². The maximum absolute atomic E-state index is 12.4. The molecular weight excluding hydrogens is 365 g/mol. The number of fused-ring (bicyclic) bond motifs is 1. The molecular formula is C17H15Cl2N3OS. The Morgan fingerprint density at radius 1 is 1.25 bits per heavy atom. The summed E-state index contributed by atoms with van der Waals surface area (Å²) >= 11 is 13.7. The van der Waals surface area contributed by atoms with Crippen molar-refractivity contribution in [3.63, 3.8) is 0 Å². The van der Waals surface area contributed by atoms with Gasteiger partial charge in [0.15, 0.2) is 0 Å². The van der Waals surface area contributed by atoms with Gasteiger partial charge in [-0.05, 0) is 44.2 Å². The van der Waals surface area contributed by atoms with Gasteiger partial charge in [-0.2, -0.15) is 0 Å². The summed E-state index contributed by atoms with van der Waals surface area (Å²) in [5, 5.41) is 7.73. The number of aryl methyl sites for hydroxylation is 1. The Morgan fingerprint density at radius 2 is 2.04 bits per heavy atom. The number of rotatable bonds is 4. The van der Waals surface area contributed by atoms with E-state index in [9.17, 15) is 4.79 Å². The molecule has 1 aromatic heterocycles. The number of hydrogen-bond donors (Lipinski definition) is 2. The summed E-state index contributed by atoms with van der Waals surface area (Å²) in [7, 11) is 0. The summed E-state index contributed by atoms with van der Waals surface area (Å²) in [6.45, 7) is 3.76. The van der Waals surface area contributed by atoms with Gasteiger partial charge in [-0.1, -0.05) is 29.3 Å². The fourth-order valence-corrected chi connectivity index (χ4v) is 3.50. The molecule has 0 bridgehead atoms. The lowest BCUT2D eigenvalue weighted by Crippen LogP contribution is -2.31. The van der Waals surface area contributed by atoms with Gasteiger partial charge in [0, 0.05) is 5.69 Å². The average molecular weight is 380 g/mol. The van der Waals surface area contributed by atoms with Crippen LogP contribution in [0.5, 0.6) is 0 Å². The van der Waals surface area contributed by atoms with Crippen LogP contribution in [0.2, 0.25) is 10.0 Å². The van der Waals surface area contributed by atoms with E-state index in [4.69, 9.17) is 23.2 Å². The average Bonchev–Trinajstić information content (AvgIpc) is 2.91. The molecule has 24 heavy (non-hydrogen) atoms. The summed E-state index contributed by atoms with van der Waals surface area (Å²) < 4.78 is 1.09. The summed E-state index contributed by atoms with van der Waals surface area (Å²) in [6, 6.07) is 10.5. The quantitative estimate of drug-likeness (QED) is 0.642. The van der Waals surface area contributed by atoms with E-state index in [1.807, 2.05) is 25.1 Å². The summed E-state index contributed by atoms with van der Waals surface area (Å²) in [5.74, 6) is -0.195. The Bertz CT molecular complexity index is 910. The van der Waals surface area contributed by atoms with Crippen LogP contribution in [0.4, 0.5) is 11.4 Å². The van der Waals surface area contributed by atoms with E-state index < -0.39 is 6.04 Å². The summed E-state index contributed by atoms with van der Waals surface area (Å²) in [5.41, 5.74) is 2.33. The van der Waals surface area contributed by atoms with Gasteiger partial charge in [0.1, 0.15) is 6.04 Å². The second-order valence-corrected chi connectivity index (χ2v) is 7.39. The Balaban J connectivity index is 1.71. The molecule has 0 unspecified atom stereocenters. The molecule has 7 heteroatoms. The number of nitrogens with zero attached hydrogens (tertiary/aromatic N) is 1. The van der Waals surface area contributed by atoms with Crippen LogP contribution in [0, 0.1) is 6.92 Å². The van der Waals surface area contributed by atoms with Crippen molar-refractivity contribution in [3.8, 4) is 0 Å². The minimum Gasteiger partial charge on any atom is -0.374 e. The number of benzene rings is 2. The van der Waals surface area contributed by atoms with Crippen LogP contribution in [-0.4, -0.2) is 16.9 Å². The van der Waals surface area contributed by atoms with Gasteiger partial charge in [-0.15, -0.1) is 11.3 Å². The lowest BCUT2D eigenvalue weighted by Gasteiger charge is -2.16. The highest BCUT2D eigenvalue weighted by atomic mass is 35.5. The van der Waals surface area contributed by atoms with Crippen molar-refractivity contribution in [2.75, 3.05) is 10.6 Å². The number of hydrogen-bond acceptors (Lipinski definition) is 4. The van der Waals surface area contributed by atoms with Crippen LogP contribution in [0.15, 0.2) is 36.4 Å². The minimum atomic E-state index is -0.438. The lowest BCUT2D eigenvalue weighted by atomic mass is 10.2. The van der Waals surface area contributed by atoms with Gasteiger partial charge >= 0.3 is 0 Å². The molecule has 3 aromatic rings. The second kappa shape index (κ2) is 6.97. The number of carbonyl (C=O) groups is 1. The van der Waals surface area contributed by atoms with E-state index >= 15 is 0 Å². The van der Waals surface area contributed by atoms with E-state index in [1.165, 1.54) is 0 Å². The zero-order valence-corrected chi connectivity index (χ0v) is 15.4. The van der Waals surface area contributed by atoms with Crippen LogP contribution >= 0.6 is 34.5 Å². The highest BCUT2D eigenvalue weighted by Gasteiger charge is 2.15. The zero-order chi connectivity index (χ0) is 17.3. The predicted molar refractivity (Wildman–Crippen MR) is 103 cm³/mol. The molecule has 1 atom stereocenters. The van der Waals surface area contributed by atoms with E-state index in [0.717, 1.165) is 20.9 Å². The van der Waals surface area contributed by atoms with Gasteiger partial charge in [-0.25, -0.2) is 4.98 Å². The Kier molecular flexibility index (Phi) is 4.94. The van der Waals surface area contributed by atoms with Crippen molar-refractivity contribution in [2.24, 2.45) is 0 Å². The number of amides is 1. The predicted octanol–water partition coefficient (Wildman–Crippen LogP) is 5.35. The van der Waals surface area contributed by atoms with Gasteiger partial charge < -0.3 is 10.6 Å². The monoisotopic (exact) mass is 379 g/mol. The third kappa shape index (κ3) is 3.64. The molecule has 1 amide bonds. The number of nitrogens with one attached hydrogen (secondary N) is 2. The molecule has 0 saturated carbocycles. The van der Waals surface area contributed by atoms with Gasteiger partial charge in [0.05, 0.1) is 31.0 Å². The first-order valence-corrected chi connectivity index (χ1v) is 8.90. The molecule has 4 nitrogen and oxygen atoms in total. The fourth-order valence-electron chi connectivity index (χ4n) is 2.29. The Labute approximate surface area is 153 Å². The lowest BCUT2D eigenvalue weighted by molar-refractivity contribution is -0.116. The van der Waals surface area contributed by atoms with Crippen molar-refractivity contribution in [3.05, 3.63) is 51.5 Å². The fraction of sp³-hybridized carbons (Fsp3) is 0.176. The molecule has 0 radical (unpaired) electrons. The van der Waals surface area contributed by atoms with Crippen LogP contribution < -0.4 is 10.6 Å². The Morgan fingerprint density at radius 3 is 2.83 bits per heavy atom. The normalized spacial score (nSPS) is 12.2. The Hall–Kier alpha value is -1.82. The van der Waals surface area contributed by atoms with Gasteiger partial charge in [-0.3, -0.25) is 4.79 Å².